The van der Waals surface area contributed by atoms with E-state index in [1.165, 1.54) is 6.07 Å². The molecule has 104 valence electrons. The van der Waals surface area contributed by atoms with E-state index in [-0.39, 0.29) is 18.3 Å². The highest BCUT2D eigenvalue weighted by Gasteiger charge is 2.31. The minimum atomic E-state index is -0.246. The normalized spacial score (nSPS) is 14.7. The highest BCUT2D eigenvalue weighted by molar-refractivity contribution is 9.10. The summed E-state index contributed by atoms with van der Waals surface area (Å²) in [5.41, 5.74) is 0.602. The summed E-state index contributed by atoms with van der Waals surface area (Å²) in [7, 11) is 0. The van der Waals surface area contributed by atoms with Gasteiger partial charge in [0.1, 0.15) is 5.82 Å². The molecular weight excluding hydrogens is 313 g/mol. The Hall–Kier alpha value is -0.940. The zero-order valence-electron chi connectivity index (χ0n) is 10.9. The molecule has 0 heterocycles. The average molecular weight is 330 g/mol. The van der Waals surface area contributed by atoms with Crippen LogP contribution in [0.15, 0.2) is 22.7 Å². The van der Waals surface area contributed by atoms with E-state index >= 15 is 0 Å². The lowest BCUT2D eigenvalue weighted by molar-refractivity contribution is -0.144. The number of carbonyl (C=O) groups excluding carboxylic acids is 1. The number of rotatable bonds is 6. The zero-order chi connectivity index (χ0) is 13.8. The van der Waals surface area contributed by atoms with Crippen molar-refractivity contribution in [3.63, 3.8) is 0 Å². The smallest absolute Gasteiger partial charge is 0.320 e. The molecule has 5 heteroatoms. The van der Waals surface area contributed by atoms with Crippen molar-refractivity contribution in [1.29, 1.82) is 0 Å². The minimum Gasteiger partial charge on any atom is -0.465 e. The van der Waals surface area contributed by atoms with Gasteiger partial charge in [0.25, 0.3) is 0 Å². The lowest BCUT2D eigenvalue weighted by atomic mass is 10.2. The number of nitrogens with zero attached hydrogens (tertiary/aromatic N) is 1. The SMILES string of the molecule is CCOC(=O)CN(Cc1cc(Br)ccc1F)C1CC1. The molecule has 0 N–H and O–H groups in total. The molecule has 1 saturated carbocycles. The largest absolute Gasteiger partial charge is 0.465 e. The first-order valence-corrected chi connectivity index (χ1v) is 7.23. The van der Waals surface area contributed by atoms with Gasteiger partial charge in [-0.25, -0.2) is 4.39 Å². The van der Waals surface area contributed by atoms with E-state index < -0.39 is 0 Å². The molecule has 2 rings (SSSR count). The third kappa shape index (κ3) is 4.28. The summed E-state index contributed by atoms with van der Waals surface area (Å²) in [6.45, 7) is 2.83. The molecular formula is C14H17BrFNO2. The molecule has 0 aliphatic heterocycles. The second-order valence-electron chi connectivity index (χ2n) is 4.68. The Bertz CT molecular complexity index is 463. The van der Waals surface area contributed by atoms with Gasteiger partial charge >= 0.3 is 5.97 Å². The van der Waals surface area contributed by atoms with Crippen molar-refractivity contribution >= 4 is 21.9 Å². The number of hydrogen-bond acceptors (Lipinski definition) is 3. The van der Waals surface area contributed by atoms with Crippen molar-refractivity contribution in [3.8, 4) is 0 Å². The standard InChI is InChI=1S/C14H17BrFNO2/c1-2-19-14(18)9-17(12-4-5-12)8-10-7-11(15)3-6-13(10)16/h3,6-7,12H,2,4-5,8-9H2,1H3. The highest BCUT2D eigenvalue weighted by atomic mass is 79.9. The number of ether oxygens (including phenoxy) is 1. The molecule has 0 spiro atoms. The first kappa shape index (κ1) is 14.5. The monoisotopic (exact) mass is 329 g/mol. The number of hydrogen-bond donors (Lipinski definition) is 0. The fourth-order valence-corrected chi connectivity index (χ4v) is 2.42. The van der Waals surface area contributed by atoms with Crippen LogP contribution in [0.1, 0.15) is 25.3 Å². The van der Waals surface area contributed by atoms with Crippen molar-refractivity contribution in [2.45, 2.75) is 32.4 Å². The fraction of sp³-hybridized carbons (Fsp3) is 0.500. The number of esters is 1. The third-order valence-electron chi connectivity index (χ3n) is 3.08. The topological polar surface area (TPSA) is 29.5 Å². The minimum absolute atomic E-state index is 0.227. The molecule has 0 amide bonds. The van der Waals surface area contributed by atoms with E-state index in [9.17, 15) is 9.18 Å². The molecule has 1 aromatic rings. The Morgan fingerprint density at radius 1 is 1.53 bits per heavy atom. The van der Waals surface area contributed by atoms with Gasteiger partial charge in [0, 0.05) is 22.6 Å². The second kappa shape index (κ2) is 6.48. The summed E-state index contributed by atoms with van der Waals surface area (Å²) >= 11 is 3.34. The van der Waals surface area contributed by atoms with Crippen LogP contribution in [0, 0.1) is 5.82 Å². The van der Waals surface area contributed by atoms with Crippen LogP contribution in [0.3, 0.4) is 0 Å². The predicted octanol–water partition coefficient (Wildman–Crippen LogP) is 3.12. The summed E-state index contributed by atoms with van der Waals surface area (Å²) in [5.74, 6) is -0.484. The van der Waals surface area contributed by atoms with E-state index in [2.05, 4.69) is 15.9 Å². The Morgan fingerprint density at radius 3 is 2.89 bits per heavy atom. The molecule has 19 heavy (non-hydrogen) atoms. The zero-order valence-corrected chi connectivity index (χ0v) is 12.5. The lowest BCUT2D eigenvalue weighted by Gasteiger charge is -2.21. The Kier molecular flexibility index (Phi) is 4.93. The van der Waals surface area contributed by atoms with Gasteiger partial charge < -0.3 is 4.74 Å². The summed E-state index contributed by atoms with van der Waals surface area (Å²) in [6, 6.07) is 5.25. The van der Waals surface area contributed by atoms with Gasteiger partial charge in [-0.1, -0.05) is 15.9 Å². The molecule has 0 saturated heterocycles. The van der Waals surface area contributed by atoms with Crippen molar-refractivity contribution in [1.82, 2.24) is 4.90 Å². The maximum absolute atomic E-state index is 13.7. The van der Waals surface area contributed by atoms with E-state index in [0.29, 0.717) is 24.8 Å². The Labute approximate surface area is 120 Å². The molecule has 3 nitrogen and oxygen atoms in total. The lowest BCUT2D eigenvalue weighted by Crippen LogP contribution is -2.32. The first-order valence-electron chi connectivity index (χ1n) is 6.43. The molecule has 0 aromatic heterocycles. The van der Waals surface area contributed by atoms with Crippen LogP contribution in [0.5, 0.6) is 0 Å². The summed E-state index contributed by atoms with van der Waals surface area (Å²) < 4.78 is 19.5. The Balaban J connectivity index is 2.04. The molecule has 1 aliphatic carbocycles. The van der Waals surface area contributed by atoms with E-state index in [1.807, 2.05) is 4.90 Å². The number of halogens is 2. The molecule has 1 fully saturated rings. The highest BCUT2D eigenvalue weighted by Crippen LogP contribution is 2.29. The van der Waals surface area contributed by atoms with E-state index in [4.69, 9.17) is 4.74 Å². The van der Waals surface area contributed by atoms with Crippen LogP contribution in [-0.4, -0.2) is 30.1 Å². The molecule has 0 atom stereocenters. The van der Waals surface area contributed by atoms with Crippen LogP contribution < -0.4 is 0 Å². The molecule has 0 unspecified atom stereocenters. The van der Waals surface area contributed by atoms with Crippen LogP contribution in [0.2, 0.25) is 0 Å². The van der Waals surface area contributed by atoms with E-state index in [0.717, 1.165) is 17.3 Å². The van der Waals surface area contributed by atoms with Gasteiger partial charge in [-0.2, -0.15) is 0 Å². The predicted molar refractivity (Wildman–Crippen MR) is 74.2 cm³/mol. The maximum atomic E-state index is 13.7. The number of carbonyl (C=O) groups is 1. The van der Waals surface area contributed by atoms with Crippen molar-refractivity contribution in [3.05, 3.63) is 34.1 Å². The van der Waals surface area contributed by atoms with Gasteiger partial charge in [-0.15, -0.1) is 0 Å². The van der Waals surface area contributed by atoms with Gasteiger partial charge in [0.2, 0.25) is 0 Å². The third-order valence-corrected chi connectivity index (χ3v) is 3.58. The second-order valence-corrected chi connectivity index (χ2v) is 5.59. The quantitative estimate of drug-likeness (QED) is 0.751. The summed E-state index contributed by atoms with van der Waals surface area (Å²) in [6.07, 6.45) is 2.13. The van der Waals surface area contributed by atoms with Crippen molar-refractivity contribution in [2.24, 2.45) is 0 Å². The van der Waals surface area contributed by atoms with Gasteiger partial charge in [0.15, 0.2) is 0 Å². The summed E-state index contributed by atoms with van der Waals surface area (Å²) in [4.78, 5) is 13.5. The number of benzene rings is 1. The van der Waals surface area contributed by atoms with Crippen LogP contribution in [0.25, 0.3) is 0 Å². The van der Waals surface area contributed by atoms with Crippen LogP contribution in [-0.2, 0) is 16.1 Å². The first-order chi connectivity index (χ1) is 9.10. The average Bonchev–Trinajstić information content (AvgIpc) is 3.17. The van der Waals surface area contributed by atoms with Gasteiger partial charge in [-0.05, 0) is 38.0 Å². The van der Waals surface area contributed by atoms with Crippen LogP contribution in [0.4, 0.5) is 4.39 Å². The van der Waals surface area contributed by atoms with Gasteiger partial charge in [-0.3, -0.25) is 9.69 Å². The van der Waals surface area contributed by atoms with Crippen molar-refractivity contribution in [2.75, 3.05) is 13.2 Å². The van der Waals surface area contributed by atoms with Crippen LogP contribution >= 0.6 is 15.9 Å². The molecule has 1 aliphatic rings. The summed E-state index contributed by atoms with van der Waals surface area (Å²) in [5, 5.41) is 0. The Morgan fingerprint density at radius 2 is 2.26 bits per heavy atom. The fourth-order valence-electron chi connectivity index (χ4n) is 2.01. The molecule has 0 radical (unpaired) electrons. The van der Waals surface area contributed by atoms with Crippen molar-refractivity contribution < 1.29 is 13.9 Å². The van der Waals surface area contributed by atoms with E-state index in [1.54, 1.807) is 19.1 Å². The molecule has 1 aromatic carbocycles. The maximum Gasteiger partial charge on any atom is 0.320 e. The van der Waals surface area contributed by atoms with Gasteiger partial charge in [0.05, 0.1) is 13.2 Å². The molecule has 0 bridgehead atoms.